The summed E-state index contributed by atoms with van der Waals surface area (Å²) in [5.74, 6) is -0.0825. The molecule has 0 aliphatic rings. The van der Waals surface area contributed by atoms with E-state index in [9.17, 15) is 15.0 Å². The Labute approximate surface area is 356 Å². The monoisotopic (exact) mass is 796 g/mol. The smallest absolute Gasteiger partial charge is 0.220 e. The number of allylic oxidation sites excluding steroid dienone is 9. The molecule has 2 unspecified atom stereocenters. The van der Waals surface area contributed by atoms with Gasteiger partial charge in [0, 0.05) is 6.42 Å². The van der Waals surface area contributed by atoms with E-state index in [-0.39, 0.29) is 12.5 Å². The number of carbonyl (C=O) groups is 1. The molecule has 0 fully saturated rings. The Morgan fingerprint density at radius 1 is 0.421 bits per heavy atom. The lowest BCUT2D eigenvalue weighted by atomic mass is 10.0. The summed E-state index contributed by atoms with van der Waals surface area (Å²) in [7, 11) is 0. The molecule has 0 spiro atoms. The standard InChI is InChI=1S/C53H97NO3/c1-3-5-7-9-11-13-15-17-19-21-23-25-26-27-29-30-32-34-36-38-40-42-44-46-48-52(56)51(50-55)54-53(57)49-47-45-43-41-39-37-35-33-31-28-24-22-20-18-16-14-12-10-8-6-4-2/h16,18,22,24,30,32,38,40,46,48,51-52,55-56H,3-15,17,19-21,23,25-29,31,33-37,39,41-45,47,49-50H2,1-2H3,(H,54,57)/b18-16-,24-22-,32-30+,40-38+,48-46+. The van der Waals surface area contributed by atoms with Crippen LogP contribution in [0.2, 0.25) is 0 Å². The lowest BCUT2D eigenvalue weighted by Gasteiger charge is -2.19. The number of carbonyl (C=O) groups excluding carboxylic acids is 1. The second kappa shape index (κ2) is 48.5. The van der Waals surface area contributed by atoms with Gasteiger partial charge >= 0.3 is 0 Å². The third kappa shape index (κ3) is 45.0. The number of aliphatic hydroxyl groups is 2. The molecule has 4 nitrogen and oxygen atoms in total. The zero-order valence-corrected chi connectivity index (χ0v) is 38.1. The highest BCUT2D eigenvalue weighted by Gasteiger charge is 2.17. The van der Waals surface area contributed by atoms with Gasteiger partial charge in [0.15, 0.2) is 0 Å². The molecule has 0 radical (unpaired) electrons. The molecule has 0 saturated carbocycles. The molecule has 0 aromatic rings. The number of amides is 1. The van der Waals surface area contributed by atoms with Crippen molar-refractivity contribution in [2.45, 2.75) is 264 Å². The van der Waals surface area contributed by atoms with E-state index in [0.29, 0.717) is 6.42 Å². The van der Waals surface area contributed by atoms with Gasteiger partial charge < -0.3 is 15.5 Å². The van der Waals surface area contributed by atoms with Gasteiger partial charge in [-0.1, -0.05) is 229 Å². The summed E-state index contributed by atoms with van der Waals surface area (Å²) in [5.41, 5.74) is 0. The molecule has 0 aromatic heterocycles. The van der Waals surface area contributed by atoms with Crippen LogP contribution in [0.25, 0.3) is 0 Å². The first kappa shape index (κ1) is 55.1. The van der Waals surface area contributed by atoms with Crippen molar-refractivity contribution in [3.63, 3.8) is 0 Å². The van der Waals surface area contributed by atoms with Gasteiger partial charge in [-0.3, -0.25) is 4.79 Å². The lowest BCUT2D eigenvalue weighted by Crippen LogP contribution is -2.45. The van der Waals surface area contributed by atoms with Crippen molar-refractivity contribution in [1.82, 2.24) is 5.32 Å². The van der Waals surface area contributed by atoms with Gasteiger partial charge in [0.2, 0.25) is 5.91 Å². The first-order valence-electron chi connectivity index (χ1n) is 25.0. The average molecular weight is 796 g/mol. The molecule has 4 heteroatoms. The maximum Gasteiger partial charge on any atom is 0.220 e. The van der Waals surface area contributed by atoms with Crippen molar-refractivity contribution in [3.05, 3.63) is 60.8 Å². The molecule has 0 saturated heterocycles. The summed E-state index contributed by atoms with van der Waals surface area (Å²) in [6.45, 7) is 4.29. The molecule has 3 N–H and O–H groups in total. The molecule has 0 aliphatic heterocycles. The van der Waals surface area contributed by atoms with Crippen molar-refractivity contribution in [2.75, 3.05) is 6.61 Å². The highest BCUT2D eigenvalue weighted by Crippen LogP contribution is 2.15. The van der Waals surface area contributed by atoms with Gasteiger partial charge in [-0.2, -0.15) is 0 Å². The Kier molecular flexibility index (Phi) is 46.8. The predicted molar refractivity (Wildman–Crippen MR) is 253 cm³/mol. The first-order valence-corrected chi connectivity index (χ1v) is 25.0. The molecule has 0 aromatic carbocycles. The van der Waals surface area contributed by atoms with E-state index >= 15 is 0 Å². The van der Waals surface area contributed by atoms with Crippen LogP contribution in [-0.2, 0) is 4.79 Å². The average Bonchev–Trinajstić information content (AvgIpc) is 3.22. The Bertz CT molecular complexity index is 950. The van der Waals surface area contributed by atoms with Gasteiger partial charge in [-0.05, 0) is 77.0 Å². The fourth-order valence-electron chi connectivity index (χ4n) is 7.36. The molecule has 0 bridgehead atoms. The minimum absolute atomic E-state index is 0.0825. The van der Waals surface area contributed by atoms with Crippen LogP contribution in [-0.4, -0.2) is 34.9 Å². The summed E-state index contributed by atoms with van der Waals surface area (Å²) in [5, 5.41) is 23.1. The van der Waals surface area contributed by atoms with Gasteiger partial charge in [-0.25, -0.2) is 0 Å². The fourth-order valence-corrected chi connectivity index (χ4v) is 7.36. The minimum Gasteiger partial charge on any atom is -0.394 e. The van der Waals surface area contributed by atoms with Crippen molar-refractivity contribution in [2.24, 2.45) is 0 Å². The van der Waals surface area contributed by atoms with Crippen molar-refractivity contribution in [3.8, 4) is 0 Å². The summed E-state index contributed by atoms with van der Waals surface area (Å²) in [6, 6.07) is -0.650. The highest BCUT2D eigenvalue weighted by atomic mass is 16.3. The molecular formula is C53H97NO3. The second-order valence-electron chi connectivity index (χ2n) is 16.9. The largest absolute Gasteiger partial charge is 0.394 e. The number of nitrogens with one attached hydrogen (secondary N) is 1. The van der Waals surface area contributed by atoms with E-state index in [1.165, 1.54) is 186 Å². The molecule has 332 valence electrons. The van der Waals surface area contributed by atoms with Gasteiger partial charge in [0.1, 0.15) is 0 Å². The summed E-state index contributed by atoms with van der Waals surface area (Å²) >= 11 is 0. The zero-order valence-electron chi connectivity index (χ0n) is 38.1. The van der Waals surface area contributed by atoms with Crippen LogP contribution in [0.4, 0.5) is 0 Å². The normalized spacial score (nSPS) is 13.4. The summed E-state index contributed by atoms with van der Waals surface area (Å²) in [6.07, 6.45) is 67.8. The lowest BCUT2D eigenvalue weighted by molar-refractivity contribution is -0.123. The first-order chi connectivity index (χ1) is 28.2. The quantitative estimate of drug-likeness (QED) is 0.0425. The van der Waals surface area contributed by atoms with Crippen LogP contribution in [0, 0.1) is 0 Å². The Hall–Kier alpha value is -1.91. The topological polar surface area (TPSA) is 69.6 Å². The van der Waals surface area contributed by atoms with E-state index in [1.807, 2.05) is 6.08 Å². The number of hydrogen-bond donors (Lipinski definition) is 3. The van der Waals surface area contributed by atoms with Crippen LogP contribution >= 0.6 is 0 Å². The van der Waals surface area contributed by atoms with E-state index in [1.54, 1.807) is 6.08 Å². The third-order valence-corrected chi connectivity index (χ3v) is 11.2. The summed E-state index contributed by atoms with van der Waals surface area (Å²) in [4.78, 5) is 12.4. The van der Waals surface area contributed by atoms with E-state index in [0.717, 1.165) is 44.9 Å². The maximum absolute atomic E-state index is 12.4. The van der Waals surface area contributed by atoms with Gasteiger partial charge in [0.25, 0.3) is 0 Å². The summed E-state index contributed by atoms with van der Waals surface area (Å²) < 4.78 is 0. The van der Waals surface area contributed by atoms with Gasteiger partial charge in [0.05, 0.1) is 18.8 Å². The fraction of sp³-hybridized carbons (Fsp3) is 0.792. The van der Waals surface area contributed by atoms with Crippen LogP contribution < -0.4 is 5.32 Å². The van der Waals surface area contributed by atoms with E-state index < -0.39 is 12.1 Å². The second-order valence-corrected chi connectivity index (χ2v) is 16.9. The molecule has 1 amide bonds. The van der Waals surface area contributed by atoms with E-state index in [2.05, 4.69) is 67.8 Å². The van der Waals surface area contributed by atoms with Crippen LogP contribution in [0.1, 0.15) is 251 Å². The van der Waals surface area contributed by atoms with Crippen LogP contribution in [0.3, 0.4) is 0 Å². The maximum atomic E-state index is 12.4. The Morgan fingerprint density at radius 2 is 0.737 bits per heavy atom. The molecule has 2 atom stereocenters. The predicted octanol–water partition coefficient (Wildman–Crippen LogP) is 16.1. The van der Waals surface area contributed by atoms with Crippen LogP contribution in [0.5, 0.6) is 0 Å². The van der Waals surface area contributed by atoms with Crippen molar-refractivity contribution >= 4 is 5.91 Å². The molecule has 0 heterocycles. The highest BCUT2D eigenvalue weighted by molar-refractivity contribution is 5.76. The number of hydrogen-bond acceptors (Lipinski definition) is 3. The molecular weight excluding hydrogens is 699 g/mol. The number of rotatable bonds is 45. The van der Waals surface area contributed by atoms with E-state index in [4.69, 9.17) is 0 Å². The number of unbranched alkanes of at least 4 members (excludes halogenated alkanes) is 30. The Balaban J connectivity index is 3.62. The molecule has 0 rings (SSSR count). The number of aliphatic hydroxyl groups excluding tert-OH is 2. The van der Waals surface area contributed by atoms with Crippen molar-refractivity contribution < 1.29 is 15.0 Å². The minimum atomic E-state index is -0.874. The zero-order chi connectivity index (χ0) is 41.4. The van der Waals surface area contributed by atoms with Gasteiger partial charge in [-0.15, -0.1) is 0 Å². The Morgan fingerprint density at radius 3 is 1.12 bits per heavy atom. The molecule has 57 heavy (non-hydrogen) atoms. The molecule has 0 aliphatic carbocycles. The van der Waals surface area contributed by atoms with Crippen molar-refractivity contribution in [1.29, 1.82) is 0 Å². The SMILES string of the molecule is CCCCCCC/C=C\C/C=C\CCCCCCCCCCCC(=O)NC(CO)C(O)/C=C/CC/C=C/CC/C=C/CCCCCCCCCCCCCCCC. The third-order valence-electron chi connectivity index (χ3n) is 11.2. The van der Waals surface area contributed by atoms with Crippen LogP contribution in [0.15, 0.2) is 60.8 Å².